The third-order valence-corrected chi connectivity index (χ3v) is 5.90. The standard InChI is InChI=1S/C24H33N3O/c1-20-6-3-4-8-23(20)13-17-27-16-5-7-22(19-27)18-26(2)24(28)10-9-21-11-14-25-15-12-21/h3-4,6,8,11-12,14-15,22H,5,7,9-10,13,16-19H2,1-2H3/t22-/m1/s1. The summed E-state index contributed by atoms with van der Waals surface area (Å²) in [4.78, 5) is 21.1. The molecule has 4 heteroatoms. The predicted octanol–water partition coefficient (Wildman–Crippen LogP) is 3.74. The van der Waals surface area contributed by atoms with Crippen molar-refractivity contribution in [1.82, 2.24) is 14.8 Å². The molecule has 2 aromatic rings. The second-order valence-corrected chi connectivity index (χ2v) is 8.12. The van der Waals surface area contributed by atoms with E-state index in [1.165, 1.54) is 36.1 Å². The molecule has 0 bridgehead atoms. The highest BCUT2D eigenvalue weighted by Crippen LogP contribution is 2.19. The van der Waals surface area contributed by atoms with Gasteiger partial charge in [0.05, 0.1) is 0 Å². The molecule has 28 heavy (non-hydrogen) atoms. The highest BCUT2D eigenvalue weighted by Gasteiger charge is 2.22. The number of likely N-dealkylation sites (tertiary alicyclic amines) is 1. The Morgan fingerprint density at radius 2 is 1.96 bits per heavy atom. The van der Waals surface area contributed by atoms with Crippen molar-refractivity contribution >= 4 is 5.91 Å². The summed E-state index contributed by atoms with van der Waals surface area (Å²) < 4.78 is 0. The van der Waals surface area contributed by atoms with Gasteiger partial charge < -0.3 is 9.80 Å². The van der Waals surface area contributed by atoms with Gasteiger partial charge in [0.25, 0.3) is 0 Å². The Morgan fingerprint density at radius 3 is 2.75 bits per heavy atom. The van der Waals surface area contributed by atoms with E-state index in [4.69, 9.17) is 0 Å². The van der Waals surface area contributed by atoms with Crippen LogP contribution in [0.2, 0.25) is 0 Å². The fourth-order valence-corrected chi connectivity index (χ4v) is 4.15. The number of aryl methyl sites for hydroxylation is 2. The van der Waals surface area contributed by atoms with Crippen LogP contribution in [-0.4, -0.2) is 53.9 Å². The van der Waals surface area contributed by atoms with Gasteiger partial charge in [-0.1, -0.05) is 24.3 Å². The number of piperidine rings is 1. The first-order valence-electron chi connectivity index (χ1n) is 10.5. The maximum atomic E-state index is 12.5. The first kappa shape index (κ1) is 20.5. The maximum Gasteiger partial charge on any atom is 0.222 e. The minimum Gasteiger partial charge on any atom is -0.345 e. The minimum absolute atomic E-state index is 0.244. The molecule has 0 unspecified atom stereocenters. The fraction of sp³-hybridized carbons (Fsp3) is 0.500. The summed E-state index contributed by atoms with van der Waals surface area (Å²) in [5.41, 5.74) is 4.01. The van der Waals surface area contributed by atoms with Gasteiger partial charge in [-0.05, 0) is 73.9 Å². The van der Waals surface area contributed by atoms with Crippen LogP contribution in [0.3, 0.4) is 0 Å². The highest BCUT2D eigenvalue weighted by atomic mass is 16.2. The lowest BCUT2D eigenvalue weighted by Crippen LogP contribution is -2.42. The number of pyridine rings is 1. The summed E-state index contributed by atoms with van der Waals surface area (Å²) in [6.45, 7) is 6.47. The average Bonchev–Trinajstić information content (AvgIpc) is 2.72. The van der Waals surface area contributed by atoms with Gasteiger partial charge in [-0.2, -0.15) is 0 Å². The number of amides is 1. The van der Waals surface area contributed by atoms with Gasteiger partial charge in [0.2, 0.25) is 5.91 Å². The number of nitrogens with zero attached hydrogens (tertiary/aromatic N) is 3. The number of benzene rings is 1. The molecular formula is C24H33N3O. The van der Waals surface area contributed by atoms with Gasteiger partial charge in [0, 0.05) is 45.5 Å². The van der Waals surface area contributed by atoms with Gasteiger partial charge in [0.1, 0.15) is 0 Å². The molecule has 0 spiro atoms. The zero-order chi connectivity index (χ0) is 19.8. The van der Waals surface area contributed by atoms with Crippen molar-refractivity contribution in [3.8, 4) is 0 Å². The zero-order valence-corrected chi connectivity index (χ0v) is 17.3. The number of aromatic nitrogens is 1. The quantitative estimate of drug-likeness (QED) is 0.701. The van der Waals surface area contributed by atoms with E-state index in [-0.39, 0.29) is 5.91 Å². The van der Waals surface area contributed by atoms with E-state index >= 15 is 0 Å². The normalized spacial score (nSPS) is 17.4. The number of hydrogen-bond acceptors (Lipinski definition) is 3. The molecule has 1 amide bonds. The Hall–Kier alpha value is -2.20. The van der Waals surface area contributed by atoms with Crippen LogP contribution in [-0.2, 0) is 17.6 Å². The van der Waals surface area contributed by atoms with E-state index in [2.05, 4.69) is 41.1 Å². The molecule has 4 nitrogen and oxygen atoms in total. The molecule has 150 valence electrons. The smallest absolute Gasteiger partial charge is 0.222 e. The monoisotopic (exact) mass is 379 g/mol. The van der Waals surface area contributed by atoms with E-state index in [1.807, 2.05) is 24.1 Å². The van der Waals surface area contributed by atoms with Gasteiger partial charge in [-0.25, -0.2) is 0 Å². The Kier molecular flexibility index (Phi) is 7.61. The van der Waals surface area contributed by atoms with Gasteiger partial charge in [-0.3, -0.25) is 9.78 Å². The van der Waals surface area contributed by atoms with E-state index in [0.717, 1.165) is 32.5 Å². The number of rotatable bonds is 8. The minimum atomic E-state index is 0.244. The van der Waals surface area contributed by atoms with Crippen molar-refractivity contribution in [3.63, 3.8) is 0 Å². The number of carbonyl (C=O) groups excluding carboxylic acids is 1. The topological polar surface area (TPSA) is 36.4 Å². The second-order valence-electron chi connectivity index (χ2n) is 8.12. The van der Waals surface area contributed by atoms with Crippen LogP contribution in [0.1, 0.15) is 36.0 Å². The molecule has 1 fully saturated rings. The first-order valence-corrected chi connectivity index (χ1v) is 10.5. The lowest BCUT2D eigenvalue weighted by molar-refractivity contribution is -0.130. The average molecular weight is 380 g/mol. The van der Waals surface area contributed by atoms with Crippen molar-refractivity contribution in [2.75, 3.05) is 33.2 Å². The molecule has 1 aliphatic rings. The van der Waals surface area contributed by atoms with Gasteiger partial charge >= 0.3 is 0 Å². The number of hydrogen-bond donors (Lipinski definition) is 0. The molecule has 0 saturated carbocycles. The Balaban J connectivity index is 1.42. The van der Waals surface area contributed by atoms with Crippen LogP contribution >= 0.6 is 0 Å². The molecule has 0 radical (unpaired) electrons. The van der Waals surface area contributed by atoms with Crippen LogP contribution in [0, 0.1) is 12.8 Å². The van der Waals surface area contributed by atoms with Gasteiger partial charge in [0.15, 0.2) is 0 Å². The van der Waals surface area contributed by atoms with Crippen molar-refractivity contribution in [2.24, 2.45) is 5.92 Å². The van der Waals surface area contributed by atoms with E-state index in [0.29, 0.717) is 12.3 Å². The third kappa shape index (κ3) is 6.16. The lowest BCUT2D eigenvalue weighted by Gasteiger charge is -2.35. The van der Waals surface area contributed by atoms with Gasteiger partial charge in [-0.15, -0.1) is 0 Å². The van der Waals surface area contributed by atoms with E-state index in [1.54, 1.807) is 12.4 Å². The van der Waals surface area contributed by atoms with Crippen molar-refractivity contribution in [3.05, 3.63) is 65.5 Å². The predicted molar refractivity (Wildman–Crippen MR) is 114 cm³/mol. The lowest BCUT2D eigenvalue weighted by atomic mass is 9.96. The summed E-state index contributed by atoms with van der Waals surface area (Å²) in [6, 6.07) is 12.7. The maximum absolute atomic E-state index is 12.5. The molecular weight excluding hydrogens is 346 g/mol. The molecule has 1 saturated heterocycles. The molecule has 3 rings (SSSR count). The van der Waals surface area contributed by atoms with Crippen LogP contribution in [0.5, 0.6) is 0 Å². The molecule has 1 atom stereocenters. The Morgan fingerprint density at radius 1 is 1.18 bits per heavy atom. The second kappa shape index (κ2) is 10.4. The SMILES string of the molecule is Cc1ccccc1CCN1CCC[C@H](CN(C)C(=O)CCc2ccncc2)C1. The summed E-state index contributed by atoms with van der Waals surface area (Å²) in [5, 5.41) is 0. The zero-order valence-electron chi connectivity index (χ0n) is 17.3. The fourth-order valence-electron chi connectivity index (χ4n) is 4.15. The third-order valence-electron chi connectivity index (χ3n) is 5.90. The number of carbonyl (C=O) groups is 1. The molecule has 0 aliphatic carbocycles. The molecule has 1 aromatic heterocycles. The Labute approximate surface area is 169 Å². The Bertz CT molecular complexity index is 747. The highest BCUT2D eigenvalue weighted by molar-refractivity contribution is 5.76. The van der Waals surface area contributed by atoms with Crippen LogP contribution in [0.4, 0.5) is 0 Å². The van der Waals surface area contributed by atoms with Crippen molar-refractivity contribution in [2.45, 2.75) is 39.0 Å². The largest absolute Gasteiger partial charge is 0.345 e. The molecule has 0 N–H and O–H groups in total. The summed E-state index contributed by atoms with van der Waals surface area (Å²) in [6.07, 6.45) is 8.51. The molecule has 2 heterocycles. The summed E-state index contributed by atoms with van der Waals surface area (Å²) >= 11 is 0. The molecule has 1 aliphatic heterocycles. The van der Waals surface area contributed by atoms with Crippen LogP contribution in [0.15, 0.2) is 48.8 Å². The van der Waals surface area contributed by atoms with Crippen molar-refractivity contribution in [1.29, 1.82) is 0 Å². The molecule has 1 aromatic carbocycles. The summed E-state index contributed by atoms with van der Waals surface area (Å²) in [5.74, 6) is 0.828. The summed E-state index contributed by atoms with van der Waals surface area (Å²) in [7, 11) is 1.96. The van der Waals surface area contributed by atoms with Crippen molar-refractivity contribution < 1.29 is 4.79 Å². The van der Waals surface area contributed by atoms with E-state index < -0.39 is 0 Å². The van der Waals surface area contributed by atoms with E-state index in [9.17, 15) is 4.79 Å². The van der Waals surface area contributed by atoms with Crippen LogP contribution < -0.4 is 0 Å². The van der Waals surface area contributed by atoms with Crippen LogP contribution in [0.25, 0.3) is 0 Å². The first-order chi connectivity index (χ1) is 13.6.